The van der Waals surface area contributed by atoms with Crippen LogP contribution in [0.3, 0.4) is 0 Å². The molecule has 1 aliphatic heterocycles. The van der Waals surface area contributed by atoms with E-state index in [1.807, 2.05) is 48.5 Å². The van der Waals surface area contributed by atoms with Gasteiger partial charge >= 0.3 is 0 Å². The molecule has 1 aliphatic rings. The topological polar surface area (TPSA) is 83.6 Å². The van der Waals surface area contributed by atoms with E-state index < -0.39 is 0 Å². The van der Waals surface area contributed by atoms with Gasteiger partial charge in [0.15, 0.2) is 17.5 Å². The molecule has 0 fully saturated rings. The normalized spacial score (nSPS) is 15.8. The summed E-state index contributed by atoms with van der Waals surface area (Å²) < 4.78 is 11.7. The summed E-state index contributed by atoms with van der Waals surface area (Å²) in [6, 6.07) is 15.7. The molecule has 0 saturated carbocycles. The zero-order valence-electron chi connectivity index (χ0n) is 15.6. The van der Waals surface area contributed by atoms with Gasteiger partial charge in [-0.3, -0.25) is 4.99 Å². The lowest BCUT2D eigenvalue weighted by molar-refractivity contribution is 0.0936. The van der Waals surface area contributed by atoms with Gasteiger partial charge in [0.2, 0.25) is 0 Å². The van der Waals surface area contributed by atoms with Crippen LogP contribution in [0.1, 0.15) is 5.82 Å². The van der Waals surface area contributed by atoms with E-state index in [4.69, 9.17) is 9.47 Å². The lowest BCUT2D eigenvalue weighted by atomic mass is 10.2. The molecule has 0 radical (unpaired) electrons. The molecule has 1 atom stereocenters. The minimum absolute atomic E-state index is 0. The van der Waals surface area contributed by atoms with Crippen molar-refractivity contribution in [2.75, 3.05) is 26.7 Å². The maximum absolute atomic E-state index is 5.95. The van der Waals surface area contributed by atoms with Crippen LogP contribution in [-0.4, -0.2) is 48.8 Å². The van der Waals surface area contributed by atoms with Crippen LogP contribution in [-0.2, 0) is 6.42 Å². The predicted molar refractivity (Wildman–Crippen MR) is 121 cm³/mol. The van der Waals surface area contributed by atoms with Crippen LogP contribution in [0.15, 0.2) is 53.5 Å². The van der Waals surface area contributed by atoms with Gasteiger partial charge in [0, 0.05) is 20.0 Å². The number of imidazole rings is 1. The molecule has 3 N–H and O–H groups in total. The number of H-pyrrole nitrogens is 1. The Labute approximate surface area is 181 Å². The fourth-order valence-corrected chi connectivity index (χ4v) is 3.02. The molecule has 0 amide bonds. The Bertz CT molecular complexity index is 910. The second-order valence-electron chi connectivity index (χ2n) is 6.33. The minimum atomic E-state index is -0.0613. The van der Waals surface area contributed by atoms with Gasteiger partial charge in [-0.25, -0.2) is 4.98 Å². The van der Waals surface area contributed by atoms with Crippen molar-refractivity contribution in [3.63, 3.8) is 0 Å². The van der Waals surface area contributed by atoms with Crippen molar-refractivity contribution in [2.24, 2.45) is 4.99 Å². The molecule has 28 heavy (non-hydrogen) atoms. The summed E-state index contributed by atoms with van der Waals surface area (Å²) in [5, 5.41) is 6.59. The van der Waals surface area contributed by atoms with E-state index in [0.29, 0.717) is 13.2 Å². The summed E-state index contributed by atoms with van der Waals surface area (Å²) in [6.07, 6.45) is 0.722. The zero-order valence-corrected chi connectivity index (χ0v) is 18.0. The van der Waals surface area contributed by atoms with Gasteiger partial charge in [0.25, 0.3) is 0 Å². The van der Waals surface area contributed by atoms with E-state index in [2.05, 4.69) is 25.6 Å². The average Bonchev–Trinajstić information content (AvgIpc) is 3.13. The lowest BCUT2D eigenvalue weighted by Gasteiger charge is -2.27. The van der Waals surface area contributed by atoms with Crippen molar-refractivity contribution in [3.05, 3.63) is 54.4 Å². The Hall–Kier alpha value is -2.49. The minimum Gasteiger partial charge on any atom is -0.486 e. The fraction of sp³-hybridized carbons (Fsp3) is 0.300. The zero-order chi connectivity index (χ0) is 18.5. The Balaban J connectivity index is 0.00000225. The summed E-state index contributed by atoms with van der Waals surface area (Å²) >= 11 is 0. The molecular formula is C20H24IN5O2. The maximum Gasteiger partial charge on any atom is 0.191 e. The molecule has 1 unspecified atom stereocenters. The highest BCUT2D eigenvalue weighted by Crippen LogP contribution is 2.30. The number of halogens is 1. The third kappa shape index (κ3) is 4.86. The molecule has 0 spiro atoms. The van der Waals surface area contributed by atoms with Crippen LogP contribution in [0, 0.1) is 0 Å². The van der Waals surface area contributed by atoms with Crippen LogP contribution in [0.25, 0.3) is 11.0 Å². The third-order valence-corrected chi connectivity index (χ3v) is 4.38. The first kappa shape index (κ1) is 20.2. The van der Waals surface area contributed by atoms with Gasteiger partial charge in [-0.1, -0.05) is 24.3 Å². The highest BCUT2D eigenvalue weighted by molar-refractivity contribution is 14.0. The van der Waals surface area contributed by atoms with E-state index >= 15 is 0 Å². The molecule has 7 nitrogen and oxygen atoms in total. The molecule has 2 heterocycles. The number of hydrogen-bond donors (Lipinski definition) is 3. The standard InChI is InChI=1S/C20H23N5O2.HI/c1-21-20(22-11-10-19-24-15-6-2-3-7-16(15)25-19)23-12-14-13-26-17-8-4-5-9-18(17)27-14;/h2-9,14H,10-13H2,1H3,(H,24,25)(H2,21,22,23);1H. The number of aliphatic imine (C=N–C) groups is 1. The number of aromatic amines is 1. The highest BCUT2D eigenvalue weighted by Gasteiger charge is 2.20. The van der Waals surface area contributed by atoms with Crippen LogP contribution in [0.4, 0.5) is 0 Å². The van der Waals surface area contributed by atoms with Gasteiger partial charge in [-0.2, -0.15) is 0 Å². The van der Waals surface area contributed by atoms with Crippen molar-refractivity contribution >= 4 is 41.0 Å². The second kappa shape index (κ2) is 9.63. The molecule has 8 heteroatoms. The fourth-order valence-electron chi connectivity index (χ4n) is 3.02. The molecule has 4 rings (SSSR count). The number of benzene rings is 2. The van der Waals surface area contributed by atoms with Gasteiger partial charge in [0.05, 0.1) is 17.6 Å². The first-order valence-electron chi connectivity index (χ1n) is 9.08. The lowest BCUT2D eigenvalue weighted by Crippen LogP contribution is -2.45. The van der Waals surface area contributed by atoms with E-state index in [0.717, 1.165) is 47.3 Å². The molecule has 0 bridgehead atoms. The van der Waals surface area contributed by atoms with Crippen LogP contribution >= 0.6 is 24.0 Å². The molecule has 148 valence electrons. The number of nitrogens with one attached hydrogen (secondary N) is 3. The van der Waals surface area contributed by atoms with Gasteiger partial charge in [-0.15, -0.1) is 24.0 Å². The van der Waals surface area contributed by atoms with E-state index in [9.17, 15) is 0 Å². The average molecular weight is 493 g/mol. The van der Waals surface area contributed by atoms with E-state index in [-0.39, 0.29) is 30.1 Å². The van der Waals surface area contributed by atoms with Crippen molar-refractivity contribution in [2.45, 2.75) is 12.5 Å². The van der Waals surface area contributed by atoms with E-state index in [1.54, 1.807) is 7.05 Å². The van der Waals surface area contributed by atoms with Crippen molar-refractivity contribution in [3.8, 4) is 11.5 Å². The summed E-state index contributed by atoms with van der Waals surface area (Å²) in [7, 11) is 1.75. The maximum atomic E-state index is 5.95. The molecule has 0 aliphatic carbocycles. The van der Waals surface area contributed by atoms with Crippen molar-refractivity contribution in [1.29, 1.82) is 0 Å². The Morgan fingerprint density at radius 3 is 2.75 bits per heavy atom. The number of rotatable bonds is 5. The number of nitrogens with zero attached hydrogens (tertiary/aromatic N) is 2. The number of ether oxygens (including phenoxy) is 2. The number of aromatic nitrogens is 2. The largest absolute Gasteiger partial charge is 0.486 e. The van der Waals surface area contributed by atoms with Crippen LogP contribution < -0.4 is 20.1 Å². The van der Waals surface area contributed by atoms with Gasteiger partial charge in [0.1, 0.15) is 18.5 Å². The molecule has 3 aromatic rings. The van der Waals surface area contributed by atoms with Gasteiger partial charge < -0.3 is 25.1 Å². The third-order valence-electron chi connectivity index (χ3n) is 4.38. The highest BCUT2D eigenvalue weighted by atomic mass is 127. The summed E-state index contributed by atoms with van der Waals surface area (Å²) in [5.41, 5.74) is 2.05. The summed E-state index contributed by atoms with van der Waals surface area (Å²) in [4.78, 5) is 12.2. The summed E-state index contributed by atoms with van der Waals surface area (Å²) in [5.74, 6) is 3.26. The molecule has 2 aromatic carbocycles. The Morgan fingerprint density at radius 2 is 1.93 bits per heavy atom. The van der Waals surface area contributed by atoms with E-state index in [1.165, 1.54) is 0 Å². The van der Waals surface area contributed by atoms with Crippen molar-refractivity contribution < 1.29 is 9.47 Å². The Kier molecular flexibility index (Phi) is 6.96. The van der Waals surface area contributed by atoms with Crippen molar-refractivity contribution in [1.82, 2.24) is 20.6 Å². The number of guanidine groups is 1. The first-order chi connectivity index (χ1) is 13.3. The number of fused-ring (bicyclic) bond motifs is 2. The van der Waals surface area contributed by atoms with Gasteiger partial charge in [-0.05, 0) is 24.3 Å². The smallest absolute Gasteiger partial charge is 0.191 e. The first-order valence-corrected chi connectivity index (χ1v) is 9.08. The summed E-state index contributed by atoms with van der Waals surface area (Å²) in [6.45, 7) is 1.85. The number of hydrogen-bond acceptors (Lipinski definition) is 4. The monoisotopic (exact) mass is 493 g/mol. The predicted octanol–water partition coefficient (Wildman–Crippen LogP) is 2.73. The molecule has 1 aromatic heterocycles. The second-order valence-corrected chi connectivity index (χ2v) is 6.33. The Morgan fingerprint density at radius 1 is 1.14 bits per heavy atom. The molecule has 0 saturated heterocycles. The van der Waals surface area contributed by atoms with Crippen LogP contribution in [0.2, 0.25) is 0 Å². The number of para-hydroxylation sites is 4. The molecular weight excluding hydrogens is 469 g/mol. The SMILES string of the molecule is CN=C(NCCc1nc2ccccc2[nH]1)NCC1COc2ccccc2O1.I. The quantitative estimate of drug-likeness (QED) is 0.289. The van der Waals surface area contributed by atoms with Crippen LogP contribution in [0.5, 0.6) is 11.5 Å².